The topological polar surface area (TPSA) is 57.5 Å². The zero-order valence-electron chi connectivity index (χ0n) is 9.92. The molecule has 0 bridgehead atoms. The average Bonchev–Trinajstić information content (AvgIpc) is 0.811. The van der Waals surface area contributed by atoms with Crippen LogP contribution in [0, 0.1) is 0 Å². The van der Waals surface area contributed by atoms with Crippen molar-refractivity contribution in [1.29, 1.82) is 0 Å². The van der Waals surface area contributed by atoms with Crippen molar-refractivity contribution in [3.05, 3.63) is 0 Å². The fraction of sp³-hybridized carbons (Fsp3) is 0. The molecule has 0 aromatic rings. The van der Waals surface area contributed by atoms with E-state index >= 15 is 0 Å². The van der Waals surface area contributed by atoms with Gasteiger partial charge in [-0.05, 0) is 0 Å². The van der Waals surface area contributed by atoms with Crippen LogP contribution in [-0.2, 0) is 4.46 Å². The van der Waals surface area contributed by atoms with E-state index < -0.39 is 9.17 Å². The first-order valence-corrected chi connectivity index (χ1v) is 1.95. The predicted octanol–water partition coefficient (Wildman–Crippen LogP) is -2.08. The Hall–Kier alpha value is 3.62. The van der Waals surface area contributed by atoms with E-state index in [4.69, 9.17) is 14.1 Å². The normalized spacial score (nSPS) is 3.43. The van der Waals surface area contributed by atoms with Gasteiger partial charge in [-0.15, -0.1) is 0 Å². The van der Waals surface area contributed by atoms with Crippen LogP contribution in [0.15, 0.2) is 0 Å². The van der Waals surface area contributed by atoms with Crippen molar-refractivity contribution in [3.63, 3.8) is 0 Å². The molecule has 0 saturated carbocycles. The van der Waals surface area contributed by atoms with Crippen LogP contribution in [0.25, 0.3) is 0 Å². The van der Waals surface area contributed by atoms with Gasteiger partial charge in [-0.25, -0.2) is 0 Å². The molecule has 0 atom stereocenters. The molecule has 0 saturated heterocycles. The Morgan fingerprint density at radius 3 is 1.29 bits per heavy atom. The largest absolute Gasteiger partial charge is 2.00 e. The van der Waals surface area contributed by atoms with E-state index in [0.717, 1.165) is 0 Å². The van der Waals surface area contributed by atoms with Crippen molar-refractivity contribution in [1.82, 2.24) is 0 Å². The molecule has 0 aromatic carbocycles. The van der Waals surface area contributed by atoms with Gasteiger partial charge in [-0.3, -0.25) is 4.46 Å². The maximum absolute atomic E-state index is 8.74. The Morgan fingerprint density at radius 2 is 1.29 bits per heavy atom. The third-order valence-electron chi connectivity index (χ3n) is 0. The SMILES string of the molecule is O=[Si](O)O.[Ca+2].[Ca+2].[H-].[H-].[H-].[H-].[H-].[H-].[Sr+2]. The minimum atomic E-state index is -3.13. The molecule has 0 unspecified atom stereocenters. The van der Waals surface area contributed by atoms with Crippen molar-refractivity contribution in [3.8, 4) is 0 Å². The minimum Gasteiger partial charge on any atom is -1.00 e. The molecular weight excluding hydrogens is 244 g/mol. The van der Waals surface area contributed by atoms with E-state index in [2.05, 4.69) is 0 Å². The van der Waals surface area contributed by atoms with Crippen molar-refractivity contribution < 1.29 is 22.6 Å². The van der Waals surface area contributed by atoms with Crippen LogP contribution in [0.2, 0.25) is 0 Å². The molecular formula is H8Ca2O3SiSr. The summed E-state index contributed by atoms with van der Waals surface area (Å²) in [5, 5.41) is 0. The van der Waals surface area contributed by atoms with Crippen LogP contribution in [0.5, 0.6) is 0 Å². The second-order valence-corrected chi connectivity index (χ2v) is 0.848. The fourth-order valence-electron chi connectivity index (χ4n) is 0. The Bertz CT molecular complexity index is 48.9. The van der Waals surface area contributed by atoms with Crippen LogP contribution in [0.3, 0.4) is 0 Å². The molecule has 3 nitrogen and oxygen atoms in total. The molecule has 36 valence electrons. The van der Waals surface area contributed by atoms with E-state index in [9.17, 15) is 0 Å². The third-order valence-corrected chi connectivity index (χ3v) is 0. The molecule has 0 aliphatic rings. The molecule has 0 aromatic heterocycles. The van der Waals surface area contributed by atoms with Gasteiger partial charge in [0.15, 0.2) is 0 Å². The summed E-state index contributed by atoms with van der Waals surface area (Å²) in [4.78, 5) is 14.3. The smallest absolute Gasteiger partial charge is 1.00 e. The van der Waals surface area contributed by atoms with E-state index in [-0.39, 0.29) is 130 Å². The molecule has 0 aliphatic heterocycles. The number of hydrogen-bond acceptors (Lipinski definition) is 1. The Kier molecular flexibility index (Phi) is 52.3. The van der Waals surface area contributed by atoms with Crippen LogP contribution in [0.1, 0.15) is 8.56 Å². The van der Waals surface area contributed by atoms with Crippen LogP contribution < -0.4 is 0 Å². The predicted molar refractivity (Wildman–Crippen MR) is 34.8 cm³/mol. The monoisotopic (exact) mass is 252 g/mol. The van der Waals surface area contributed by atoms with Crippen molar-refractivity contribution >= 4 is 130 Å². The summed E-state index contributed by atoms with van der Waals surface area (Å²) in [7, 11) is -3.13. The molecule has 0 heterocycles. The molecule has 7 heteroatoms. The van der Waals surface area contributed by atoms with Crippen molar-refractivity contribution in [2.75, 3.05) is 0 Å². The zero-order chi connectivity index (χ0) is 3.58. The molecule has 0 rings (SSSR count). The summed E-state index contributed by atoms with van der Waals surface area (Å²) < 4.78 is 8.74. The summed E-state index contributed by atoms with van der Waals surface area (Å²) in [5.74, 6) is 0. The first-order chi connectivity index (χ1) is 1.73. The van der Waals surface area contributed by atoms with Gasteiger partial charge in [0.1, 0.15) is 0 Å². The van der Waals surface area contributed by atoms with Crippen LogP contribution in [-0.4, -0.2) is 140 Å². The van der Waals surface area contributed by atoms with Gasteiger partial charge in [0.05, 0.1) is 0 Å². The van der Waals surface area contributed by atoms with E-state index in [1.807, 2.05) is 0 Å². The maximum atomic E-state index is 8.74. The molecule has 0 spiro atoms. The quantitative estimate of drug-likeness (QED) is 0.486. The number of rotatable bonds is 0. The van der Waals surface area contributed by atoms with E-state index in [0.29, 0.717) is 0 Å². The summed E-state index contributed by atoms with van der Waals surface area (Å²) in [6, 6.07) is 0. The maximum Gasteiger partial charge on any atom is 2.00 e. The average molecular weight is 252 g/mol. The molecule has 0 radical (unpaired) electrons. The second kappa shape index (κ2) is 16.3. The minimum absolute atomic E-state index is 0. The van der Waals surface area contributed by atoms with E-state index in [1.54, 1.807) is 0 Å². The first kappa shape index (κ1) is 22.4. The summed E-state index contributed by atoms with van der Waals surface area (Å²) in [6.07, 6.45) is 0. The molecule has 7 heavy (non-hydrogen) atoms. The van der Waals surface area contributed by atoms with Gasteiger partial charge in [-0.2, -0.15) is 0 Å². The van der Waals surface area contributed by atoms with Crippen LogP contribution >= 0.6 is 0 Å². The van der Waals surface area contributed by atoms with Gasteiger partial charge in [-0.1, -0.05) is 0 Å². The van der Waals surface area contributed by atoms with Crippen LogP contribution in [0.4, 0.5) is 0 Å². The second-order valence-electron chi connectivity index (χ2n) is 0.283. The molecule has 0 aliphatic carbocycles. The van der Waals surface area contributed by atoms with Gasteiger partial charge in [0, 0.05) is 0 Å². The Labute approximate surface area is 149 Å². The van der Waals surface area contributed by atoms with Crippen molar-refractivity contribution in [2.24, 2.45) is 0 Å². The van der Waals surface area contributed by atoms with Gasteiger partial charge in [0.25, 0.3) is 0 Å². The third kappa shape index (κ3) is 42.7. The van der Waals surface area contributed by atoms with Gasteiger partial charge < -0.3 is 18.2 Å². The summed E-state index contributed by atoms with van der Waals surface area (Å²) in [6.45, 7) is 0. The first-order valence-electron chi connectivity index (χ1n) is 0.651. The molecule has 0 fully saturated rings. The van der Waals surface area contributed by atoms with Gasteiger partial charge >= 0.3 is 130 Å². The molecule has 0 amide bonds. The molecule has 2 N–H and O–H groups in total. The Morgan fingerprint density at radius 1 is 1.29 bits per heavy atom. The summed E-state index contributed by atoms with van der Waals surface area (Å²) >= 11 is 0. The Balaban J connectivity index is -0.00000000125. The van der Waals surface area contributed by atoms with Gasteiger partial charge in [0.2, 0.25) is 0 Å². The standard InChI is InChI=1S/2Ca.H2O3Si.Sr.6H/c;;1-4(2)3;;;;;;;/h;;1-2H;;;;;;;/q2*+2;;+2;6*-1. The van der Waals surface area contributed by atoms with Crippen molar-refractivity contribution in [2.45, 2.75) is 0 Å². The van der Waals surface area contributed by atoms with E-state index in [1.165, 1.54) is 0 Å². The zero-order valence-corrected chi connectivity index (χ0v) is 12.8. The number of hydrogen-bond donors (Lipinski definition) is 2. The fourth-order valence-corrected chi connectivity index (χ4v) is 0. The summed E-state index contributed by atoms with van der Waals surface area (Å²) in [5.41, 5.74) is 0.